The van der Waals surface area contributed by atoms with E-state index in [9.17, 15) is 9.59 Å². The van der Waals surface area contributed by atoms with E-state index in [4.69, 9.17) is 13.9 Å². The lowest BCUT2D eigenvalue weighted by atomic mass is 10.1. The number of hydrogen-bond donors (Lipinski definition) is 2. The van der Waals surface area contributed by atoms with E-state index in [1.165, 1.54) is 6.33 Å². The molecule has 0 aliphatic carbocycles. The molecule has 0 aliphatic rings. The molecule has 0 saturated heterocycles. The van der Waals surface area contributed by atoms with Crippen LogP contribution in [0.2, 0.25) is 0 Å². The molecule has 0 bridgehead atoms. The second kappa shape index (κ2) is 7.94. The third kappa shape index (κ3) is 3.79. The number of amides is 1. The highest BCUT2D eigenvalue weighted by Gasteiger charge is 2.21. The number of methoxy groups -OCH3 is 1. The zero-order valence-corrected chi connectivity index (χ0v) is 15.4. The number of benzene rings is 1. The first-order valence-electron chi connectivity index (χ1n) is 8.59. The standard InChI is InChI=1S/C19H21N3O5/c1-4-7-26-13-6-5-12(8-14(13)25-3)9-20-17(23)15-11(2)27-19-16(15)18(24)21-10-22-19/h5-6,8,10H,4,7,9H2,1-3H3,(H,20,23)(H,21,22,24). The molecule has 2 N–H and O–H groups in total. The van der Waals surface area contributed by atoms with E-state index < -0.39 is 11.5 Å². The van der Waals surface area contributed by atoms with Crippen LogP contribution in [0.4, 0.5) is 0 Å². The molecular formula is C19H21N3O5. The summed E-state index contributed by atoms with van der Waals surface area (Å²) >= 11 is 0. The molecule has 1 aromatic carbocycles. The Morgan fingerprint density at radius 1 is 1.33 bits per heavy atom. The fourth-order valence-electron chi connectivity index (χ4n) is 2.75. The van der Waals surface area contributed by atoms with Gasteiger partial charge in [0.1, 0.15) is 11.1 Å². The number of H-pyrrole nitrogens is 1. The number of aromatic amines is 1. The van der Waals surface area contributed by atoms with Crippen LogP contribution in [0.15, 0.2) is 33.7 Å². The molecule has 27 heavy (non-hydrogen) atoms. The molecule has 0 unspecified atom stereocenters. The summed E-state index contributed by atoms with van der Waals surface area (Å²) in [5, 5.41) is 2.95. The van der Waals surface area contributed by atoms with Crippen molar-refractivity contribution in [1.82, 2.24) is 15.3 Å². The highest BCUT2D eigenvalue weighted by atomic mass is 16.5. The van der Waals surface area contributed by atoms with Crippen molar-refractivity contribution in [2.24, 2.45) is 0 Å². The number of ether oxygens (including phenoxy) is 2. The van der Waals surface area contributed by atoms with Crippen molar-refractivity contribution in [3.63, 3.8) is 0 Å². The largest absolute Gasteiger partial charge is 0.493 e. The maximum Gasteiger partial charge on any atom is 0.262 e. The Bertz CT molecular complexity index is 1020. The van der Waals surface area contributed by atoms with Crippen LogP contribution in [0.5, 0.6) is 11.5 Å². The number of hydrogen-bond acceptors (Lipinski definition) is 6. The van der Waals surface area contributed by atoms with E-state index in [1.54, 1.807) is 20.1 Å². The second-order valence-electron chi connectivity index (χ2n) is 5.96. The van der Waals surface area contributed by atoms with E-state index in [2.05, 4.69) is 15.3 Å². The van der Waals surface area contributed by atoms with Gasteiger partial charge in [-0.15, -0.1) is 0 Å². The SMILES string of the molecule is CCCOc1ccc(CNC(=O)c2c(C)oc3nc[nH]c(=O)c23)cc1OC. The molecule has 142 valence electrons. The first-order valence-corrected chi connectivity index (χ1v) is 8.59. The minimum absolute atomic E-state index is 0.139. The molecule has 2 aromatic heterocycles. The third-order valence-electron chi connectivity index (χ3n) is 4.04. The fourth-order valence-corrected chi connectivity index (χ4v) is 2.75. The van der Waals surface area contributed by atoms with Crippen LogP contribution in [-0.4, -0.2) is 29.6 Å². The lowest BCUT2D eigenvalue weighted by molar-refractivity contribution is 0.0950. The Balaban J connectivity index is 1.78. The fraction of sp³-hybridized carbons (Fsp3) is 0.316. The van der Waals surface area contributed by atoms with Gasteiger partial charge in [-0.2, -0.15) is 0 Å². The van der Waals surface area contributed by atoms with E-state index in [0.717, 1.165) is 12.0 Å². The number of carbonyl (C=O) groups excluding carboxylic acids is 1. The summed E-state index contributed by atoms with van der Waals surface area (Å²) in [4.78, 5) is 31.1. The van der Waals surface area contributed by atoms with Gasteiger partial charge in [0.05, 0.1) is 25.6 Å². The normalized spacial score (nSPS) is 10.8. The molecule has 0 atom stereocenters. The van der Waals surface area contributed by atoms with Gasteiger partial charge in [0.15, 0.2) is 11.5 Å². The Morgan fingerprint density at radius 3 is 2.89 bits per heavy atom. The monoisotopic (exact) mass is 371 g/mol. The van der Waals surface area contributed by atoms with Gasteiger partial charge in [0.2, 0.25) is 5.71 Å². The molecular weight excluding hydrogens is 350 g/mol. The summed E-state index contributed by atoms with van der Waals surface area (Å²) in [5.41, 5.74) is 0.748. The van der Waals surface area contributed by atoms with Crippen LogP contribution in [0.25, 0.3) is 11.1 Å². The maximum absolute atomic E-state index is 12.6. The minimum atomic E-state index is -0.416. The quantitative estimate of drug-likeness (QED) is 0.661. The van der Waals surface area contributed by atoms with Gasteiger partial charge in [-0.3, -0.25) is 9.59 Å². The van der Waals surface area contributed by atoms with Crippen molar-refractivity contribution in [1.29, 1.82) is 0 Å². The predicted octanol–water partition coefficient (Wildman–Crippen LogP) is 2.55. The Kier molecular flexibility index (Phi) is 5.44. The molecule has 0 spiro atoms. The Labute approximate surface area is 155 Å². The van der Waals surface area contributed by atoms with Crippen molar-refractivity contribution < 1.29 is 18.7 Å². The molecule has 8 heteroatoms. The lowest BCUT2D eigenvalue weighted by Crippen LogP contribution is -2.24. The van der Waals surface area contributed by atoms with E-state index in [-0.39, 0.29) is 23.2 Å². The first kappa shape index (κ1) is 18.5. The number of rotatable bonds is 7. The summed E-state index contributed by atoms with van der Waals surface area (Å²) in [7, 11) is 1.57. The van der Waals surface area contributed by atoms with Gasteiger partial charge >= 0.3 is 0 Å². The average Bonchev–Trinajstić information content (AvgIpc) is 3.02. The molecule has 0 fully saturated rings. The lowest BCUT2D eigenvalue weighted by Gasteiger charge is -2.12. The van der Waals surface area contributed by atoms with Gasteiger partial charge in [0, 0.05) is 6.54 Å². The number of aryl methyl sites for hydroxylation is 1. The first-order chi connectivity index (χ1) is 13.0. The van der Waals surface area contributed by atoms with Crippen LogP contribution in [0.1, 0.15) is 35.0 Å². The molecule has 3 aromatic rings. The molecule has 2 heterocycles. The number of fused-ring (bicyclic) bond motifs is 1. The van der Waals surface area contributed by atoms with Gasteiger partial charge in [-0.05, 0) is 31.0 Å². The Morgan fingerprint density at radius 2 is 2.15 bits per heavy atom. The molecule has 1 amide bonds. The smallest absolute Gasteiger partial charge is 0.262 e. The Hall–Kier alpha value is -3.29. The van der Waals surface area contributed by atoms with Crippen molar-refractivity contribution in [2.45, 2.75) is 26.8 Å². The van der Waals surface area contributed by atoms with E-state index in [1.807, 2.05) is 19.1 Å². The number of furan rings is 1. The van der Waals surface area contributed by atoms with Crippen molar-refractivity contribution in [3.05, 3.63) is 51.8 Å². The van der Waals surface area contributed by atoms with Crippen molar-refractivity contribution in [3.8, 4) is 11.5 Å². The molecule has 0 radical (unpaired) electrons. The highest BCUT2D eigenvalue weighted by molar-refractivity contribution is 6.06. The van der Waals surface area contributed by atoms with Gasteiger partial charge in [0.25, 0.3) is 11.5 Å². The topological polar surface area (TPSA) is 106 Å². The van der Waals surface area contributed by atoms with Crippen molar-refractivity contribution >= 4 is 17.0 Å². The van der Waals surface area contributed by atoms with Crippen LogP contribution in [0, 0.1) is 6.92 Å². The van der Waals surface area contributed by atoms with Gasteiger partial charge in [-0.25, -0.2) is 4.98 Å². The van der Waals surface area contributed by atoms with Crippen LogP contribution in [0.3, 0.4) is 0 Å². The summed E-state index contributed by atoms with van der Waals surface area (Å²) < 4.78 is 16.4. The number of carbonyl (C=O) groups is 1. The van der Waals surface area contributed by atoms with Crippen LogP contribution in [-0.2, 0) is 6.54 Å². The second-order valence-corrected chi connectivity index (χ2v) is 5.96. The van der Waals surface area contributed by atoms with Crippen molar-refractivity contribution in [2.75, 3.05) is 13.7 Å². The molecule has 0 aliphatic heterocycles. The molecule has 0 saturated carbocycles. The van der Waals surface area contributed by atoms with Gasteiger partial charge < -0.3 is 24.2 Å². The summed E-state index contributed by atoms with van der Waals surface area (Å²) in [6, 6.07) is 5.46. The highest BCUT2D eigenvalue weighted by Crippen LogP contribution is 2.28. The predicted molar refractivity (Wildman–Crippen MR) is 99.3 cm³/mol. The van der Waals surface area contributed by atoms with E-state index in [0.29, 0.717) is 23.9 Å². The maximum atomic E-state index is 12.6. The number of aromatic nitrogens is 2. The molecule has 8 nitrogen and oxygen atoms in total. The van der Waals surface area contributed by atoms with E-state index >= 15 is 0 Å². The third-order valence-corrected chi connectivity index (χ3v) is 4.04. The zero-order chi connectivity index (χ0) is 19.4. The average molecular weight is 371 g/mol. The summed E-state index contributed by atoms with van der Waals surface area (Å²) in [5.74, 6) is 1.19. The summed E-state index contributed by atoms with van der Waals surface area (Å²) in [6.07, 6.45) is 2.14. The van der Waals surface area contributed by atoms with Crippen LogP contribution >= 0.6 is 0 Å². The number of nitrogens with one attached hydrogen (secondary N) is 2. The van der Waals surface area contributed by atoms with Crippen LogP contribution < -0.4 is 20.3 Å². The summed E-state index contributed by atoms with van der Waals surface area (Å²) in [6.45, 7) is 4.51. The molecule has 3 rings (SSSR count). The zero-order valence-electron chi connectivity index (χ0n) is 15.4. The number of nitrogens with zero attached hydrogens (tertiary/aromatic N) is 1. The minimum Gasteiger partial charge on any atom is -0.493 e. The van der Waals surface area contributed by atoms with Gasteiger partial charge in [-0.1, -0.05) is 13.0 Å².